The molecule has 1 aromatic heterocycles. The number of hydrogen-bond donors (Lipinski definition) is 1. The summed E-state index contributed by atoms with van der Waals surface area (Å²) in [5, 5.41) is 12.2. The highest BCUT2D eigenvalue weighted by Crippen LogP contribution is 2.38. The highest BCUT2D eigenvalue weighted by atomic mass is 32.2. The van der Waals surface area contributed by atoms with Crippen LogP contribution in [0.5, 0.6) is 5.75 Å². The molecule has 3 rings (SSSR count). The Bertz CT molecular complexity index is 593. The van der Waals surface area contributed by atoms with E-state index in [1.165, 1.54) is 6.07 Å². The van der Waals surface area contributed by atoms with Crippen LogP contribution in [0.1, 0.15) is 10.5 Å². The number of hydrogen-bond acceptors (Lipinski definition) is 5. The summed E-state index contributed by atoms with van der Waals surface area (Å²) in [5.74, 6) is 0.717. The van der Waals surface area contributed by atoms with Crippen LogP contribution < -0.4 is 4.74 Å². The largest absolute Gasteiger partial charge is 0.481 e. The van der Waals surface area contributed by atoms with E-state index in [2.05, 4.69) is 5.16 Å². The molecule has 0 spiro atoms. The Labute approximate surface area is 100 Å². The molecule has 2 aromatic rings. The monoisotopic (exact) mass is 249 g/mol. The zero-order valence-corrected chi connectivity index (χ0v) is 9.36. The van der Waals surface area contributed by atoms with Crippen LogP contribution >= 0.6 is 11.8 Å². The van der Waals surface area contributed by atoms with Gasteiger partial charge in [-0.1, -0.05) is 16.9 Å². The van der Waals surface area contributed by atoms with E-state index in [-0.39, 0.29) is 5.69 Å². The zero-order chi connectivity index (χ0) is 11.8. The van der Waals surface area contributed by atoms with Gasteiger partial charge in [0.05, 0.1) is 4.90 Å². The van der Waals surface area contributed by atoms with Crippen molar-refractivity contribution in [3.63, 3.8) is 0 Å². The maximum absolute atomic E-state index is 10.7. The Morgan fingerprint density at radius 2 is 2.29 bits per heavy atom. The third-order valence-corrected chi connectivity index (χ3v) is 3.27. The standard InChI is InChI=1S/C11H7NO4S/c13-11(14)7-4-8(16-12-7)6-1-2-10-9(3-6)15-5-17-10/h1-4H,5H2,(H,13,14). The van der Waals surface area contributed by atoms with Gasteiger partial charge in [-0.15, -0.1) is 0 Å². The zero-order valence-electron chi connectivity index (χ0n) is 8.54. The number of fused-ring (bicyclic) bond motifs is 1. The van der Waals surface area contributed by atoms with E-state index < -0.39 is 5.97 Å². The second-order valence-corrected chi connectivity index (χ2v) is 4.41. The van der Waals surface area contributed by atoms with E-state index in [0.717, 1.165) is 16.2 Å². The van der Waals surface area contributed by atoms with Gasteiger partial charge in [0.1, 0.15) is 11.7 Å². The van der Waals surface area contributed by atoms with Crippen LogP contribution in [0.25, 0.3) is 11.3 Å². The Balaban J connectivity index is 2.00. The predicted octanol–water partition coefficient (Wildman–Crippen LogP) is 2.48. The first-order valence-electron chi connectivity index (χ1n) is 4.84. The number of aromatic nitrogens is 1. The van der Waals surface area contributed by atoms with Gasteiger partial charge < -0.3 is 14.4 Å². The Kier molecular flexibility index (Phi) is 2.29. The predicted molar refractivity (Wildman–Crippen MR) is 60.3 cm³/mol. The lowest BCUT2D eigenvalue weighted by Gasteiger charge is -1.99. The molecule has 1 aliphatic rings. The molecule has 0 unspecified atom stereocenters. The van der Waals surface area contributed by atoms with Crippen molar-refractivity contribution in [1.82, 2.24) is 5.16 Å². The molecular weight excluding hydrogens is 242 g/mol. The highest BCUT2D eigenvalue weighted by Gasteiger charge is 2.16. The normalized spacial score (nSPS) is 13.2. The average molecular weight is 249 g/mol. The first-order valence-corrected chi connectivity index (χ1v) is 5.82. The van der Waals surface area contributed by atoms with Gasteiger partial charge in [0.2, 0.25) is 0 Å². The number of nitrogens with zero attached hydrogens (tertiary/aromatic N) is 1. The summed E-state index contributed by atoms with van der Waals surface area (Å²) in [5.41, 5.74) is 0.655. The molecule has 86 valence electrons. The number of aromatic carboxylic acids is 1. The van der Waals surface area contributed by atoms with Gasteiger partial charge in [-0.3, -0.25) is 0 Å². The Morgan fingerprint density at radius 3 is 3.06 bits per heavy atom. The van der Waals surface area contributed by atoms with E-state index in [0.29, 0.717) is 11.7 Å². The van der Waals surface area contributed by atoms with Gasteiger partial charge in [0.15, 0.2) is 11.5 Å². The molecule has 1 aromatic carbocycles. The minimum atomic E-state index is -1.10. The molecule has 0 fully saturated rings. The van der Waals surface area contributed by atoms with Crippen LogP contribution in [0.2, 0.25) is 0 Å². The van der Waals surface area contributed by atoms with Crippen molar-refractivity contribution in [2.45, 2.75) is 4.90 Å². The summed E-state index contributed by atoms with van der Waals surface area (Å²) in [7, 11) is 0. The number of ether oxygens (including phenoxy) is 1. The van der Waals surface area contributed by atoms with Gasteiger partial charge >= 0.3 is 5.97 Å². The van der Waals surface area contributed by atoms with Gasteiger partial charge in [-0.2, -0.15) is 0 Å². The molecule has 0 atom stereocenters. The van der Waals surface area contributed by atoms with Crippen LogP contribution in [-0.2, 0) is 0 Å². The molecule has 0 saturated carbocycles. The lowest BCUT2D eigenvalue weighted by atomic mass is 10.1. The smallest absolute Gasteiger partial charge is 0.358 e. The third-order valence-electron chi connectivity index (χ3n) is 2.39. The van der Waals surface area contributed by atoms with Crippen LogP contribution in [0.4, 0.5) is 0 Å². The van der Waals surface area contributed by atoms with E-state index in [9.17, 15) is 4.79 Å². The van der Waals surface area contributed by atoms with Gasteiger partial charge in [-0.25, -0.2) is 4.79 Å². The molecular formula is C11H7NO4S. The van der Waals surface area contributed by atoms with Crippen molar-refractivity contribution in [2.75, 3.05) is 5.94 Å². The quantitative estimate of drug-likeness (QED) is 0.881. The summed E-state index contributed by atoms with van der Waals surface area (Å²) < 4.78 is 10.4. The summed E-state index contributed by atoms with van der Waals surface area (Å²) in [4.78, 5) is 11.8. The average Bonchev–Trinajstić information content (AvgIpc) is 2.97. The van der Waals surface area contributed by atoms with Crippen LogP contribution in [0, 0.1) is 0 Å². The minimum absolute atomic E-state index is 0.101. The van der Waals surface area contributed by atoms with Crippen molar-refractivity contribution in [3.8, 4) is 17.1 Å². The van der Waals surface area contributed by atoms with Crippen LogP contribution in [0.3, 0.4) is 0 Å². The van der Waals surface area contributed by atoms with Gasteiger partial charge in [0, 0.05) is 11.6 Å². The van der Waals surface area contributed by atoms with Crippen LogP contribution in [0.15, 0.2) is 33.7 Å². The molecule has 0 aliphatic carbocycles. The number of carboxylic acids is 1. The first kappa shape index (κ1) is 10.2. The lowest BCUT2D eigenvalue weighted by Crippen LogP contribution is -1.94. The van der Waals surface area contributed by atoms with E-state index >= 15 is 0 Å². The van der Waals surface area contributed by atoms with E-state index in [4.69, 9.17) is 14.4 Å². The SMILES string of the molecule is O=C(O)c1cc(-c2ccc3c(c2)OCS3)on1. The second kappa shape index (κ2) is 3.81. The van der Waals surface area contributed by atoms with Gasteiger partial charge in [-0.05, 0) is 18.2 Å². The molecule has 2 heterocycles. The fourth-order valence-corrected chi connectivity index (χ4v) is 2.30. The fraction of sp³-hybridized carbons (Fsp3) is 0.0909. The molecule has 0 bridgehead atoms. The van der Waals surface area contributed by atoms with Crippen molar-refractivity contribution >= 4 is 17.7 Å². The van der Waals surface area contributed by atoms with Crippen LogP contribution in [-0.4, -0.2) is 22.2 Å². The number of carbonyl (C=O) groups is 1. The molecule has 1 aliphatic heterocycles. The van der Waals surface area contributed by atoms with Gasteiger partial charge in [0.25, 0.3) is 0 Å². The molecule has 1 N–H and O–H groups in total. The summed E-state index contributed by atoms with van der Waals surface area (Å²) in [6, 6.07) is 6.99. The fourth-order valence-electron chi connectivity index (χ4n) is 1.56. The lowest BCUT2D eigenvalue weighted by molar-refractivity contribution is 0.0686. The van der Waals surface area contributed by atoms with Crippen molar-refractivity contribution in [2.24, 2.45) is 0 Å². The topological polar surface area (TPSA) is 72.6 Å². The minimum Gasteiger partial charge on any atom is -0.481 e. The molecule has 5 nitrogen and oxygen atoms in total. The summed E-state index contributed by atoms with van der Waals surface area (Å²) in [6.07, 6.45) is 0. The molecule has 0 radical (unpaired) electrons. The van der Waals surface area contributed by atoms with Crippen molar-refractivity contribution < 1.29 is 19.2 Å². The molecule has 0 saturated heterocycles. The number of thioether (sulfide) groups is 1. The number of carboxylic acid groups (broad SMARTS) is 1. The number of benzene rings is 1. The third kappa shape index (κ3) is 1.76. The molecule has 0 amide bonds. The molecule has 17 heavy (non-hydrogen) atoms. The van der Waals surface area contributed by atoms with E-state index in [1.807, 2.05) is 18.2 Å². The second-order valence-electron chi connectivity index (χ2n) is 3.45. The maximum Gasteiger partial charge on any atom is 0.358 e. The number of rotatable bonds is 2. The summed E-state index contributed by atoms with van der Waals surface area (Å²) >= 11 is 1.62. The van der Waals surface area contributed by atoms with Crippen molar-refractivity contribution in [1.29, 1.82) is 0 Å². The van der Waals surface area contributed by atoms with Crippen molar-refractivity contribution in [3.05, 3.63) is 30.0 Å². The summed E-state index contributed by atoms with van der Waals surface area (Å²) in [6.45, 7) is 0. The van der Waals surface area contributed by atoms with E-state index in [1.54, 1.807) is 11.8 Å². The molecule has 6 heteroatoms. The highest BCUT2D eigenvalue weighted by molar-refractivity contribution is 7.99. The Hall–Kier alpha value is -1.95. The maximum atomic E-state index is 10.7. The Morgan fingerprint density at radius 1 is 1.41 bits per heavy atom. The first-order chi connectivity index (χ1) is 8.24.